The van der Waals surface area contributed by atoms with E-state index in [1.54, 1.807) is 23.6 Å². The Kier molecular flexibility index (Phi) is 7.41. The number of thiazole rings is 1. The van der Waals surface area contributed by atoms with Crippen molar-refractivity contribution in [2.75, 3.05) is 30.9 Å². The van der Waals surface area contributed by atoms with Gasteiger partial charge in [-0.25, -0.2) is 22.1 Å². The molecule has 0 bridgehead atoms. The van der Waals surface area contributed by atoms with E-state index in [0.29, 0.717) is 17.1 Å². The molecule has 1 aliphatic rings. The van der Waals surface area contributed by atoms with Crippen LogP contribution in [-0.4, -0.2) is 53.0 Å². The number of fused-ring (bicyclic) bond motifs is 1. The van der Waals surface area contributed by atoms with Crippen LogP contribution < -0.4 is 18.5 Å². The maximum absolute atomic E-state index is 15.3. The first-order chi connectivity index (χ1) is 17.0. The number of halogens is 1. The number of anilines is 1. The first-order valence-electron chi connectivity index (χ1n) is 10.6. The molecule has 0 aliphatic carbocycles. The van der Waals surface area contributed by atoms with Crippen LogP contribution in [0.1, 0.15) is 23.5 Å². The Morgan fingerprint density at radius 2 is 1.97 bits per heavy atom. The monoisotopic (exact) mass is 558 g/mol. The lowest BCUT2D eigenvalue weighted by Crippen LogP contribution is -2.32. The Hall–Kier alpha value is -2.94. The molecule has 4 rings (SSSR count). The lowest BCUT2D eigenvalue weighted by molar-refractivity contribution is 0.269. The van der Waals surface area contributed by atoms with Crippen molar-refractivity contribution in [3.05, 3.63) is 58.9 Å². The molecule has 1 N–H and O–H groups in total. The Labute approximate surface area is 212 Å². The fraction of sp³-hybridized carbons (Fsp3) is 0.318. The summed E-state index contributed by atoms with van der Waals surface area (Å²) in [5.74, 6) is -1.53. The highest BCUT2D eigenvalue weighted by atomic mass is 32.2. The average Bonchev–Trinajstić information content (AvgIpc) is 3.36. The van der Waals surface area contributed by atoms with Gasteiger partial charge < -0.3 is 14.2 Å². The molecule has 0 unspecified atom stereocenters. The highest BCUT2D eigenvalue weighted by molar-refractivity contribution is 7.93. The number of sulfonamides is 1. The molecular weight excluding hydrogens is 535 g/mol. The van der Waals surface area contributed by atoms with Crippen molar-refractivity contribution < 1.29 is 40.0 Å². The minimum Gasteiger partial charge on any atom is -0.497 e. The number of ether oxygens (including phenoxy) is 3. The van der Waals surface area contributed by atoms with Gasteiger partial charge in [0.1, 0.15) is 28.0 Å². The van der Waals surface area contributed by atoms with Crippen molar-refractivity contribution in [1.82, 2.24) is 4.98 Å². The van der Waals surface area contributed by atoms with Crippen LogP contribution in [0.4, 0.5) is 9.52 Å². The first-order valence-corrected chi connectivity index (χ1v) is 14.5. The van der Waals surface area contributed by atoms with Crippen molar-refractivity contribution >= 4 is 36.6 Å². The van der Waals surface area contributed by atoms with E-state index in [0.717, 1.165) is 27.8 Å². The Morgan fingerprint density at radius 3 is 2.61 bits per heavy atom. The molecule has 36 heavy (non-hydrogen) atoms. The number of nitrogens with zero attached hydrogens (tertiary/aromatic N) is 2. The normalized spacial score (nSPS) is 15.6. The SMILES string of the molecule is COc1ccc(CN(c2nccs2)S(=O)(=O)c2cc3c(cc2F)[C@H](CS(=O)(=O)O)CCO3)c(OC)c1. The van der Waals surface area contributed by atoms with Crippen LogP contribution in [0.3, 0.4) is 0 Å². The van der Waals surface area contributed by atoms with E-state index in [4.69, 9.17) is 14.2 Å². The van der Waals surface area contributed by atoms with Gasteiger partial charge in [-0.05, 0) is 24.6 Å². The smallest absolute Gasteiger partial charge is 0.269 e. The van der Waals surface area contributed by atoms with E-state index in [1.165, 1.54) is 20.4 Å². The van der Waals surface area contributed by atoms with Crippen molar-refractivity contribution in [3.8, 4) is 17.2 Å². The van der Waals surface area contributed by atoms with E-state index < -0.39 is 42.5 Å². The maximum atomic E-state index is 15.3. The highest BCUT2D eigenvalue weighted by Crippen LogP contribution is 2.39. The molecule has 194 valence electrons. The van der Waals surface area contributed by atoms with Gasteiger partial charge in [0.2, 0.25) is 0 Å². The summed E-state index contributed by atoms with van der Waals surface area (Å²) in [6, 6.07) is 6.88. The van der Waals surface area contributed by atoms with Gasteiger partial charge in [0.25, 0.3) is 20.1 Å². The quantitative estimate of drug-likeness (QED) is 0.392. The zero-order valence-corrected chi connectivity index (χ0v) is 21.7. The summed E-state index contributed by atoms with van der Waals surface area (Å²) in [6.45, 7) is -0.136. The lowest BCUT2D eigenvalue weighted by Gasteiger charge is -2.27. The van der Waals surface area contributed by atoms with Crippen molar-refractivity contribution in [2.24, 2.45) is 0 Å². The summed E-state index contributed by atoms with van der Waals surface area (Å²) in [7, 11) is -5.92. The highest BCUT2D eigenvalue weighted by Gasteiger charge is 2.34. The van der Waals surface area contributed by atoms with Gasteiger partial charge in [0, 0.05) is 40.8 Å². The molecule has 2 aromatic carbocycles. The van der Waals surface area contributed by atoms with Gasteiger partial charge in [0.15, 0.2) is 5.13 Å². The summed E-state index contributed by atoms with van der Waals surface area (Å²) in [4.78, 5) is 3.46. The second-order valence-corrected chi connectivity index (χ2v) is 12.1. The van der Waals surface area contributed by atoms with Crippen LogP contribution in [0.25, 0.3) is 0 Å². The van der Waals surface area contributed by atoms with Crippen molar-refractivity contribution in [1.29, 1.82) is 0 Å². The minimum atomic E-state index is -4.51. The molecule has 3 aromatic rings. The van der Waals surface area contributed by atoms with Gasteiger partial charge >= 0.3 is 0 Å². The molecule has 0 spiro atoms. The first kappa shape index (κ1) is 26.1. The predicted octanol–water partition coefficient (Wildman–Crippen LogP) is 3.45. The standard InChI is InChI=1S/C22H23FN2O8S3/c1-31-16-4-3-14(19(9-16)32-2)12-25(22-24-6-8-34-22)36(29,30)21-11-20-17(10-18(21)23)15(5-7-33-20)13-35(26,27)28/h3-4,6,8-11,15H,5,7,12-13H2,1-2H3,(H,26,27,28)/t15-/m0/s1. The van der Waals surface area contributed by atoms with Crippen LogP contribution in [0.15, 0.2) is 46.8 Å². The number of hydrogen-bond donors (Lipinski definition) is 1. The molecule has 0 saturated carbocycles. The molecule has 1 aliphatic heterocycles. The van der Waals surface area contributed by atoms with Gasteiger partial charge in [-0.1, -0.05) is 0 Å². The second kappa shape index (κ2) is 10.2. The summed E-state index contributed by atoms with van der Waals surface area (Å²) in [5.41, 5.74) is 0.660. The summed E-state index contributed by atoms with van der Waals surface area (Å²) < 4.78 is 92.0. The van der Waals surface area contributed by atoms with Gasteiger partial charge in [0.05, 0.1) is 33.1 Å². The van der Waals surface area contributed by atoms with E-state index in [-0.39, 0.29) is 36.0 Å². The topological polar surface area (TPSA) is 132 Å². The number of rotatable bonds is 9. The van der Waals surface area contributed by atoms with Gasteiger partial charge in [-0.2, -0.15) is 8.42 Å². The fourth-order valence-corrected chi connectivity index (χ4v) is 7.12. The van der Waals surface area contributed by atoms with Crippen molar-refractivity contribution in [3.63, 3.8) is 0 Å². The largest absolute Gasteiger partial charge is 0.497 e. The summed E-state index contributed by atoms with van der Waals surface area (Å²) >= 11 is 1.06. The zero-order chi connectivity index (χ0) is 26.1. The predicted molar refractivity (Wildman–Crippen MR) is 131 cm³/mol. The maximum Gasteiger partial charge on any atom is 0.269 e. The molecule has 0 fully saturated rings. The molecule has 1 aromatic heterocycles. The van der Waals surface area contributed by atoms with E-state index in [9.17, 15) is 21.4 Å². The number of aromatic nitrogens is 1. The molecule has 0 radical (unpaired) electrons. The summed E-state index contributed by atoms with van der Waals surface area (Å²) in [5, 5.41) is 1.70. The van der Waals surface area contributed by atoms with Crippen LogP contribution in [0.5, 0.6) is 17.2 Å². The van der Waals surface area contributed by atoms with E-state index in [2.05, 4.69) is 4.98 Å². The van der Waals surface area contributed by atoms with E-state index in [1.807, 2.05) is 0 Å². The Morgan fingerprint density at radius 1 is 1.19 bits per heavy atom. The Bertz CT molecular complexity index is 1460. The third-order valence-electron chi connectivity index (χ3n) is 5.65. The Balaban J connectivity index is 1.78. The molecule has 14 heteroatoms. The fourth-order valence-electron chi connectivity index (χ4n) is 3.94. The van der Waals surface area contributed by atoms with Crippen LogP contribution in [0, 0.1) is 5.82 Å². The number of benzene rings is 2. The molecule has 1 atom stereocenters. The molecule has 2 heterocycles. The van der Waals surface area contributed by atoms with Crippen LogP contribution in [0.2, 0.25) is 0 Å². The average molecular weight is 559 g/mol. The molecular formula is C22H23FN2O8S3. The van der Waals surface area contributed by atoms with Crippen molar-refractivity contribution in [2.45, 2.75) is 23.8 Å². The summed E-state index contributed by atoms with van der Waals surface area (Å²) in [6.07, 6.45) is 1.65. The van der Waals surface area contributed by atoms with Gasteiger partial charge in [-0.3, -0.25) is 4.55 Å². The zero-order valence-electron chi connectivity index (χ0n) is 19.2. The third-order valence-corrected chi connectivity index (χ3v) is 9.13. The number of hydrogen-bond acceptors (Lipinski definition) is 9. The lowest BCUT2D eigenvalue weighted by atomic mass is 9.95. The molecule has 0 amide bonds. The molecule has 0 saturated heterocycles. The van der Waals surface area contributed by atoms with Gasteiger partial charge in [-0.15, -0.1) is 11.3 Å². The molecule has 10 nitrogen and oxygen atoms in total. The third kappa shape index (κ3) is 5.40. The van der Waals surface area contributed by atoms with Crippen LogP contribution in [-0.2, 0) is 26.7 Å². The van der Waals surface area contributed by atoms with E-state index >= 15 is 4.39 Å². The second-order valence-electron chi connectivity index (χ2n) is 7.91. The number of methoxy groups -OCH3 is 2. The van der Waals surface area contributed by atoms with Crippen LogP contribution >= 0.6 is 11.3 Å². The minimum absolute atomic E-state index is 0.0380.